The van der Waals surface area contributed by atoms with Crippen LogP contribution in [0.5, 0.6) is 0 Å². The summed E-state index contributed by atoms with van der Waals surface area (Å²) < 4.78 is 14.7. The van der Waals surface area contributed by atoms with E-state index in [1.54, 1.807) is 6.07 Å². The van der Waals surface area contributed by atoms with Crippen LogP contribution in [0.1, 0.15) is 37.8 Å². The molecule has 0 amide bonds. The SMILES string of the molecule is CC(c1ccc(Br)cc1F)N1CCCC(CC(=O)O)C1. The Balaban J connectivity index is 2.08. The van der Waals surface area contributed by atoms with Crippen molar-refractivity contribution in [1.29, 1.82) is 0 Å². The van der Waals surface area contributed by atoms with Gasteiger partial charge in [0.25, 0.3) is 0 Å². The number of carboxylic acid groups (broad SMARTS) is 1. The third-order valence-corrected chi connectivity index (χ3v) is 4.47. The first-order valence-electron chi connectivity index (χ1n) is 6.88. The molecule has 2 unspecified atom stereocenters. The molecule has 2 atom stereocenters. The molecular weight excluding hydrogens is 325 g/mol. The summed E-state index contributed by atoms with van der Waals surface area (Å²) >= 11 is 3.26. The number of piperidine rings is 1. The maximum absolute atomic E-state index is 14.0. The molecule has 1 fully saturated rings. The third kappa shape index (κ3) is 3.79. The molecule has 0 aromatic heterocycles. The molecule has 0 bridgehead atoms. The standard InChI is InChI=1S/C15H19BrFNO2/c1-10(13-5-4-12(16)8-14(13)17)18-6-2-3-11(9-18)7-15(19)20/h4-5,8,10-11H,2-3,6-7,9H2,1H3,(H,19,20). The Kier molecular flexibility index (Phi) is 5.16. The minimum absolute atomic E-state index is 0.0281. The Hall–Kier alpha value is -0.940. The van der Waals surface area contributed by atoms with Gasteiger partial charge in [-0.3, -0.25) is 9.69 Å². The Morgan fingerprint density at radius 2 is 2.35 bits per heavy atom. The van der Waals surface area contributed by atoms with Gasteiger partial charge >= 0.3 is 5.97 Å². The highest BCUT2D eigenvalue weighted by atomic mass is 79.9. The maximum Gasteiger partial charge on any atom is 0.303 e. The lowest BCUT2D eigenvalue weighted by molar-refractivity contribution is -0.138. The van der Waals surface area contributed by atoms with Crippen molar-refractivity contribution in [2.24, 2.45) is 5.92 Å². The van der Waals surface area contributed by atoms with Crippen molar-refractivity contribution in [1.82, 2.24) is 4.90 Å². The smallest absolute Gasteiger partial charge is 0.303 e. The Morgan fingerprint density at radius 1 is 1.60 bits per heavy atom. The average molecular weight is 344 g/mol. The molecule has 0 spiro atoms. The van der Waals surface area contributed by atoms with Gasteiger partial charge < -0.3 is 5.11 Å². The maximum atomic E-state index is 14.0. The molecule has 1 N–H and O–H groups in total. The summed E-state index contributed by atoms with van der Waals surface area (Å²) in [6.07, 6.45) is 2.12. The van der Waals surface area contributed by atoms with Crippen molar-refractivity contribution in [2.75, 3.05) is 13.1 Å². The molecule has 0 saturated carbocycles. The third-order valence-electron chi connectivity index (χ3n) is 3.97. The highest BCUT2D eigenvalue weighted by molar-refractivity contribution is 9.10. The molecule has 0 radical (unpaired) electrons. The van der Waals surface area contributed by atoms with Crippen molar-refractivity contribution in [2.45, 2.75) is 32.2 Å². The van der Waals surface area contributed by atoms with E-state index in [-0.39, 0.29) is 24.2 Å². The molecule has 1 aliphatic heterocycles. The molecule has 5 heteroatoms. The highest BCUT2D eigenvalue weighted by Crippen LogP contribution is 2.30. The summed E-state index contributed by atoms with van der Waals surface area (Å²) in [6, 6.07) is 5.09. The van der Waals surface area contributed by atoms with E-state index in [2.05, 4.69) is 20.8 Å². The molecule has 0 aliphatic carbocycles. The lowest BCUT2D eigenvalue weighted by atomic mass is 9.92. The van der Waals surface area contributed by atoms with Crippen molar-refractivity contribution >= 4 is 21.9 Å². The van der Waals surface area contributed by atoms with Crippen LogP contribution in [0.2, 0.25) is 0 Å². The topological polar surface area (TPSA) is 40.5 Å². The van der Waals surface area contributed by atoms with Gasteiger partial charge in [0.2, 0.25) is 0 Å². The van der Waals surface area contributed by atoms with Crippen molar-refractivity contribution in [3.63, 3.8) is 0 Å². The summed E-state index contributed by atoms with van der Waals surface area (Å²) in [5.74, 6) is -0.797. The van der Waals surface area contributed by atoms with Crippen molar-refractivity contribution < 1.29 is 14.3 Å². The molecule has 1 saturated heterocycles. The summed E-state index contributed by atoms with van der Waals surface area (Å²) in [6.45, 7) is 3.60. The number of nitrogens with zero attached hydrogens (tertiary/aromatic N) is 1. The lowest BCUT2D eigenvalue weighted by Crippen LogP contribution is -2.38. The second kappa shape index (κ2) is 6.68. The van der Waals surface area contributed by atoms with Crippen LogP contribution in [0.25, 0.3) is 0 Å². The molecule has 2 rings (SSSR count). The van der Waals surface area contributed by atoms with Crippen LogP contribution in [-0.2, 0) is 4.79 Å². The van der Waals surface area contributed by atoms with Gasteiger partial charge in [0.05, 0.1) is 0 Å². The zero-order chi connectivity index (χ0) is 14.7. The van der Waals surface area contributed by atoms with Gasteiger partial charge in [-0.15, -0.1) is 0 Å². The number of benzene rings is 1. The second-order valence-corrected chi connectivity index (χ2v) is 6.36. The summed E-state index contributed by atoms with van der Waals surface area (Å²) in [5.41, 5.74) is 0.671. The summed E-state index contributed by atoms with van der Waals surface area (Å²) in [7, 11) is 0. The summed E-state index contributed by atoms with van der Waals surface area (Å²) in [5, 5.41) is 8.90. The molecule has 110 valence electrons. The van der Waals surface area contributed by atoms with Gasteiger partial charge in [-0.1, -0.05) is 22.0 Å². The minimum atomic E-state index is -0.751. The van der Waals surface area contributed by atoms with E-state index in [1.165, 1.54) is 6.07 Å². The van der Waals surface area contributed by atoms with E-state index < -0.39 is 5.97 Å². The quantitative estimate of drug-likeness (QED) is 0.902. The molecule has 1 aromatic carbocycles. The highest BCUT2D eigenvalue weighted by Gasteiger charge is 2.26. The molecular formula is C15H19BrFNO2. The van der Waals surface area contributed by atoms with Gasteiger partial charge in [0.1, 0.15) is 5.82 Å². The fourth-order valence-corrected chi connectivity index (χ4v) is 3.23. The Morgan fingerprint density at radius 3 is 3.00 bits per heavy atom. The van der Waals surface area contributed by atoms with Crippen molar-refractivity contribution in [3.8, 4) is 0 Å². The predicted octanol–water partition coefficient (Wildman–Crippen LogP) is 3.84. The number of likely N-dealkylation sites (tertiary alicyclic amines) is 1. The number of carboxylic acids is 1. The summed E-state index contributed by atoms with van der Waals surface area (Å²) in [4.78, 5) is 13.0. The van der Waals surface area contributed by atoms with E-state index in [9.17, 15) is 9.18 Å². The van der Waals surface area contributed by atoms with Gasteiger partial charge in [-0.2, -0.15) is 0 Å². The fourth-order valence-electron chi connectivity index (χ4n) is 2.90. The largest absolute Gasteiger partial charge is 0.481 e. The first-order valence-corrected chi connectivity index (χ1v) is 7.67. The molecule has 1 aliphatic rings. The zero-order valence-electron chi connectivity index (χ0n) is 11.5. The Labute approximate surface area is 126 Å². The lowest BCUT2D eigenvalue weighted by Gasteiger charge is -2.36. The van der Waals surface area contributed by atoms with Crippen LogP contribution >= 0.6 is 15.9 Å². The number of carbonyl (C=O) groups is 1. The van der Waals surface area contributed by atoms with Gasteiger partial charge in [-0.05, 0) is 44.4 Å². The van der Waals surface area contributed by atoms with E-state index in [1.807, 2.05) is 13.0 Å². The normalized spacial score (nSPS) is 21.6. The van der Waals surface area contributed by atoms with Crippen molar-refractivity contribution in [3.05, 3.63) is 34.1 Å². The van der Waals surface area contributed by atoms with Gasteiger partial charge in [0, 0.05) is 29.0 Å². The van der Waals surface area contributed by atoms with Crippen LogP contribution in [0, 0.1) is 11.7 Å². The van der Waals surface area contributed by atoms with E-state index in [0.717, 1.165) is 30.4 Å². The second-order valence-electron chi connectivity index (χ2n) is 5.44. The van der Waals surface area contributed by atoms with Crippen LogP contribution < -0.4 is 0 Å². The van der Waals surface area contributed by atoms with E-state index >= 15 is 0 Å². The predicted molar refractivity (Wildman–Crippen MR) is 79.1 cm³/mol. The average Bonchev–Trinajstić information content (AvgIpc) is 2.37. The minimum Gasteiger partial charge on any atom is -0.481 e. The number of rotatable bonds is 4. The molecule has 20 heavy (non-hydrogen) atoms. The van der Waals surface area contributed by atoms with Crippen LogP contribution in [0.15, 0.2) is 22.7 Å². The molecule has 1 aromatic rings. The number of aliphatic carboxylic acids is 1. The van der Waals surface area contributed by atoms with E-state index in [0.29, 0.717) is 5.56 Å². The number of hydrogen-bond acceptors (Lipinski definition) is 2. The number of hydrogen-bond donors (Lipinski definition) is 1. The first-order chi connectivity index (χ1) is 9.47. The van der Waals surface area contributed by atoms with Gasteiger partial charge in [-0.25, -0.2) is 4.39 Å². The molecule has 1 heterocycles. The van der Waals surface area contributed by atoms with Crippen LogP contribution in [0.4, 0.5) is 4.39 Å². The van der Waals surface area contributed by atoms with E-state index in [4.69, 9.17) is 5.11 Å². The number of halogens is 2. The Bertz CT molecular complexity index is 495. The zero-order valence-corrected chi connectivity index (χ0v) is 13.1. The fraction of sp³-hybridized carbons (Fsp3) is 0.533. The monoisotopic (exact) mass is 343 g/mol. The first kappa shape index (κ1) is 15.4. The van der Waals surface area contributed by atoms with Gasteiger partial charge in [0.15, 0.2) is 0 Å². The van der Waals surface area contributed by atoms with Crippen LogP contribution in [0.3, 0.4) is 0 Å². The molecule has 3 nitrogen and oxygen atoms in total. The van der Waals surface area contributed by atoms with Crippen LogP contribution in [-0.4, -0.2) is 29.1 Å².